The van der Waals surface area contributed by atoms with Gasteiger partial charge in [0.05, 0.1) is 6.61 Å². The minimum Gasteiger partial charge on any atom is -0.477 e. The van der Waals surface area contributed by atoms with Crippen molar-refractivity contribution in [1.29, 1.82) is 0 Å². The van der Waals surface area contributed by atoms with Crippen molar-refractivity contribution in [3.63, 3.8) is 0 Å². The van der Waals surface area contributed by atoms with Crippen molar-refractivity contribution in [2.45, 2.75) is 52.5 Å². The fourth-order valence-corrected chi connectivity index (χ4v) is 1.62. The molecule has 1 N–H and O–H groups in total. The van der Waals surface area contributed by atoms with Gasteiger partial charge in [0.2, 0.25) is 11.8 Å². The van der Waals surface area contributed by atoms with E-state index in [4.69, 9.17) is 4.74 Å². The molecule has 0 aromatic carbocycles. The van der Waals surface area contributed by atoms with Crippen LogP contribution in [0.5, 0.6) is 5.88 Å². The Morgan fingerprint density at radius 1 is 1.32 bits per heavy atom. The molecule has 0 spiro atoms. The van der Waals surface area contributed by atoms with E-state index in [1.165, 1.54) is 0 Å². The van der Waals surface area contributed by atoms with Crippen LogP contribution in [-0.4, -0.2) is 17.5 Å². The van der Waals surface area contributed by atoms with E-state index in [0.29, 0.717) is 25.5 Å². The van der Waals surface area contributed by atoms with Crippen LogP contribution in [0.1, 0.15) is 51.5 Å². The molecule has 0 unspecified atom stereocenters. The van der Waals surface area contributed by atoms with Gasteiger partial charge in [0, 0.05) is 24.7 Å². The van der Waals surface area contributed by atoms with Crippen LogP contribution in [0.25, 0.3) is 0 Å². The lowest BCUT2D eigenvalue weighted by Gasteiger charge is -2.10. The van der Waals surface area contributed by atoms with Crippen molar-refractivity contribution in [3.05, 3.63) is 23.9 Å². The molecule has 0 saturated carbocycles. The first-order valence-corrected chi connectivity index (χ1v) is 7.11. The van der Waals surface area contributed by atoms with Gasteiger partial charge in [0.25, 0.3) is 0 Å². The third kappa shape index (κ3) is 6.22. The number of carbonyl (C=O) groups excluding carboxylic acids is 1. The summed E-state index contributed by atoms with van der Waals surface area (Å²) in [5.74, 6) is 0.719. The Hall–Kier alpha value is -1.58. The molecule has 0 radical (unpaired) electrons. The van der Waals surface area contributed by atoms with E-state index in [2.05, 4.69) is 24.1 Å². The molecule has 1 aromatic heterocycles. The van der Waals surface area contributed by atoms with Gasteiger partial charge in [-0.3, -0.25) is 4.79 Å². The average Bonchev–Trinajstić information content (AvgIpc) is 2.44. The molecule has 0 aliphatic heterocycles. The molecule has 1 rings (SSSR count). The van der Waals surface area contributed by atoms with Gasteiger partial charge in [0.15, 0.2) is 0 Å². The zero-order valence-corrected chi connectivity index (χ0v) is 11.9. The number of unbranched alkanes of at least 4 members (excludes halogenated alkanes) is 2. The highest BCUT2D eigenvalue weighted by atomic mass is 16.5. The van der Waals surface area contributed by atoms with Crippen molar-refractivity contribution < 1.29 is 9.53 Å². The molecule has 0 fully saturated rings. The summed E-state index contributed by atoms with van der Waals surface area (Å²) in [7, 11) is 0. The van der Waals surface area contributed by atoms with Gasteiger partial charge in [-0.2, -0.15) is 0 Å². The highest BCUT2D eigenvalue weighted by Crippen LogP contribution is 2.14. The van der Waals surface area contributed by atoms with Crippen LogP contribution in [0.15, 0.2) is 18.3 Å². The number of pyridine rings is 1. The summed E-state index contributed by atoms with van der Waals surface area (Å²) in [5.41, 5.74) is 0.934. The van der Waals surface area contributed by atoms with E-state index < -0.39 is 0 Å². The first-order chi connectivity index (χ1) is 9.27. The fraction of sp³-hybridized carbons (Fsp3) is 0.600. The van der Waals surface area contributed by atoms with Crippen molar-refractivity contribution in [3.8, 4) is 5.88 Å². The Balaban J connectivity index is 2.45. The van der Waals surface area contributed by atoms with Crippen LogP contribution in [0.3, 0.4) is 0 Å². The van der Waals surface area contributed by atoms with Crippen molar-refractivity contribution in [2.75, 3.05) is 6.61 Å². The summed E-state index contributed by atoms with van der Waals surface area (Å²) < 4.78 is 5.63. The van der Waals surface area contributed by atoms with Gasteiger partial charge in [-0.15, -0.1) is 0 Å². The zero-order valence-electron chi connectivity index (χ0n) is 11.9. The fourth-order valence-electron chi connectivity index (χ4n) is 1.62. The molecule has 0 aliphatic rings. The summed E-state index contributed by atoms with van der Waals surface area (Å²) in [6.07, 6.45) is 6.37. The first kappa shape index (κ1) is 15.5. The molecule has 1 amide bonds. The highest BCUT2D eigenvalue weighted by Gasteiger charge is 2.06. The monoisotopic (exact) mass is 264 g/mol. The Labute approximate surface area is 115 Å². The molecule has 4 nitrogen and oxygen atoms in total. The number of carbonyl (C=O) groups is 1. The smallest absolute Gasteiger partial charge is 0.220 e. The lowest BCUT2D eigenvalue weighted by atomic mass is 10.2. The van der Waals surface area contributed by atoms with Crippen molar-refractivity contribution >= 4 is 5.91 Å². The van der Waals surface area contributed by atoms with Gasteiger partial charge >= 0.3 is 0 Å². The molecule has 0 atom stereocenters. The van der Waals surface area contributed by atoms with Gasteiger partial charge < -0.3 is 10.1 Å². The number of ether oxygens (including phenoxy) is 1. The van der Waals surface area contributed by atoms with Crippen LogP contribution >= 0.6 is 0 Å². The Bertz CT molecular complexity index is 380. The number of amides is 1. The molecule has 4 heteroatoms. The lowest BCUT2D eigenvalue weighted by molar-refractivity contribution is -0.121. The summed E-state index contributed by atoms with van der Waals surface area (Å²) in [6.45, 7) is 5.35. The maximum atomic E-state index is 11.6. The molecular formula is C15H24N2O2. The molecule has 106 valence electrons. The highest BCUT2D eigenvalue weighted by molar-refractivity contribution is 5.75. The second-order valence-electron chi connectivity index (χ2n) is 4.55. The van der Waals surface area contributed by atoms with Crippen molar-refractivity contribution in [2.24, 2.45) is 0 Å². The number of rotatable bonds is 9. The summed E-state index contributed by atoms with van der Waals surface area (Å²) in [4.78, 5) is 15.8. The van der Waals surface area contributed by atoms with Gasteiger partial charge in [-0.05, 0) is 18.9 Å². The topological polar surface area (TPSA) is 51.2 Å². The van der Waals surface area contributed by atoms with Crippen LogP contribution < -0.4 is 10.1 Å². The maximum Gasteiger partial charge on any atom is 0.220 e. The lowest BCUT2D eigenvalue weighted by Crippen LogP contribution is -2.22. The maximum absolute atomic E-state index is 11.6. The molecular weight excluding hydrogens is 240 g/mol. The van der Waals surface area contributed by atoms with E-state index in [1.54, 1.807) is 6.20 Å². The SMILES string of the molecule is CCCCOc1ncccc1CNC(=O)CCCC. The summed E-state index contributed by atoms with van der Waals surface area (Å²) in [6, 6.07) is 3.80. The molecule has 1 heterocycles. The molecule has 19 heavy (non-hydrogen) atoms. The van der Waals surface area contributed by atoms with Gasteiger partial charge in [-0.1, -0.05) is 32.8 Å². The molecule has 0 saturated heterocycles. The Morgan fingerprint density at radius 2 is 2.11 bits per heavy atom. The standard InChI is InChI=1S/C15H24N2O2/c1-3-5-9-14(18)17-12-13-8-7-10-16-15(13)19-11-6-4-2/h7-8,10H,3-6,9,11-12H2,1-2H3,(H,17,18). The number of hydrogen-bond donors (Lipinski definition) is 1. The van der Waals surface area contributed by atoms with Crippen LogP contribution in [0, 0.1) is 0 Å². The number of nitrogens with zero attached hydrogens (tertiary/aromatic N) is 1. The Kier molecular flexibility index (Phi) is 7.63. The van der Waals surface area contributed by atoms with Crippen LogP contribution in [0.4, 0.5) is 0 Å². The van der Waals surface area contributed by atoms with Crippen LogP contribution in [-0.2, 0) is 11.3 Å². The summed E-state index contributed by atoms with van der Waals surface area (Å²) >= 11 is 0. The quantitative estimate of drug-likeness (QED) is 0.697. The molecule has 1 aromatic rings. The average molecular weight is 264 g/mol. The second-order valence-corrected chi connectivity index (χ2v) is 4.55. The van der Waals surface area contributed by atoms with E-state index >= 15 is 0 Å². The normalized spacial score (nSPS) is 10.2. The minimum absolute atomic E-state index is 0.0882. The molecule has 0 aliphatic carbocycles. The predicted octanol–water partition coefficient (Wildman–Crippen LogP) is 3.07. The van der Waals surface area contributed by atoms with E-state index in [0.717, 1.165) is 31.2 Å². The van der Waals surface area contributed by atoms with Gasteiger partial charge in [0.1, 0.15) is 0 Å². The Morgan fingerprint density at radius 3 is 2.84 bits per heavy atom. The van der Waals surface area contributed by atoms with E-state index in [-0.39, 0.29) is 5.91 Å². The van der Waals surface area contributed by atoms with Crippen LogP contribution in [0.2, 0.25) is 0 Å². The largest absolute Gasteiger partial charge is 0.477 e. The zero-order chi connectivity index (χ0) is 13.9. The third-order valence-corrected chi connectivity index (χ3v) is 2.82. The number of aromatic nitrogens is 1. The number of hydrogen-bond acceptors (Lipinski definition) is 3. The molecule has 0 bridgehead atoms. The predicted molar refractivity (Wildman–Crippen MR) is 76.0 cm³/mol. The second kappa shape index (κ2) is 9.36. The minimum atomic E-state index is 0.0882. The van der Waals surface area contributed by atoms with E-state index in [1.807, 2.05) is 12.1 Å². The number of nitrogens with one attached hydrogen (secondary N) is 1. The van der Waals surface area contributed by atoms with E-state index in [9.17, 15) is 4.79 Å². The summed E-state index contributed by atoms with van der Waals surface area (Å²) in [5, 5.41) is 2.91. The third-order valence-electron chi connectivity index (χ3n) is 2.82. The van der Waals surface area contributed by atoms with Crippen molar-refractivity contribution in [1.82, 2.24) is 10.3 Å². The first-order valence-electron chi connectivity index (χ1n) is 7.11. The van der Waals surface area contributed by atoms with Gasteiger partial charge in [-0.25, -0.2) is 4.98 Å².